The fourth-order valence-electron chi connectivity index (χ4n) is 1.72. The van der Waals surface area contributed by atoms with E-state index < -0.39 is 0 Å². The van der Waals surface area contributed by atoms with Crippen LogP contribution in [0.3, 0.4) is 0 Å². The Kier molecular flexibility index (Phi) is 4.60. The molecule has 0 heterocycles. The van der Waals surface area contributed by atoms with Crippen molar-refractivity contribution in [3.63, 3.8) is 0 Å². The largest absolute Gasteiger partial charge is 0.498 e. The summed E-state index contributed by atoms with van der Waals surface area (Å²) in [6.07, 6.45) is 6.52. The van der Waals surface area contributed by atoms with Gasteiger partial charge in [0.2, 0.25) is 0 Å². The van der Waals surface area contributed by atoms with Gasteiger partial charge in [0.25, 0.3) is 0 Å². The van der Waals surface area contributed by atoms with E-state index in [1.54, 1.807) is 6.08 Å². The van der Waals surface area contributed by atoms with Crippen molar-refractivity contribution >= 4 is 5.78 Å². The highest BCUT2D eigenvalue weighted by atomic mass is 16.5. The molecular formula is C13H20O2. The summed E-state index contributed by atoms with van der Waals surface area (Å²) in [6, 6.07) is 0. The lowest BCUT2D eigenvalue weighted by Crippen LogP contribution is -2.17. The van der Waals surface area contributed by atoms with E-state index in [1.807, 2.05) is 6.92 Å². The van der Waals surface area contributed by atoms with Gasteiger partial charge in [-0.25, -0.2) is 0 Å². The Labute approximate surface area is 92.0 Å². The lowest BCUT2D eigenvalue weighted by molar-refractivity contribution is -0.119. The highest BCUT2D eigenvalue weighted by molar-refractivity contribution is 5.93. The fourth-order valence-corrected chi connectivity index (χ4v) is 1.72. The number of allylic oxidation sites excluding steroid dienone is 4. The molecule has 0 aromatic rings. The van der Waals surface area contributed by atoms with E-state index >= 15 is 0 Å². The van der Waals surface area contributed by atoms with Crippen LogP contribution in [0.1, 0.15) is 40.0 Å². The normalized spacial score (nSPS) is 20.9. The topological polar surface area (TPSA) is 26.3 Å². The predicted octanol–water partition coefficient (Wildman–Crippen LogP) is 3.24. The molecule has 0 aromatic carbocycles. The van der Waals surface area contributed by atoms with E-state index in [-0.39, 0.29) is 11.7 Å². The van der Waals surface area contributed by atoms with Gasteiger partial charge in [-0.1, -0.05) is 11.6 Å². The molecule has 0 saturated carbocycles. The number of hydrogen-bond donors (Lipinski definition) is 0. The smallest absolute Gasteiger partial charge is 0.162 e. The first-order chi connectivity index (χ1) is 7.13. The van der Waals surface area contributed by atoms with Gasteiger partial charge >= 0.3 is 0 Å². The molecule has 0 spiro atoms. The van der Waals surface area contributed by atoms with Crippen molar-refractivity contribution in [1.82, 2.24) is 0 Å². The van der Waals surface area contributed by atoms with Gasteiger partial charge in [0.15, 0.2) is 5.78 Å². The molecule has 1 atom stereocenters. The van der Waals surface area contributed by atoms with Crippen LogP contribution in [0.15, 0.2) is 23.5 Å². The van der Waals surface area contributed by atoms with Crippen molar-refractivity contribution in [2.45, 2.75) is 40.0 Å². The molecule has 0 N–H and O–H groups in total. The molecule has 1 aliphatic carbocycles. The third kappa shape index (κ3) is 3.90. The van der Waals surface area contributed by atoms with Crippen LogP contribution in [0, 0.1) is 5.92 Å². The molecular weight excluding hydrogens is 188 g/mol. The third-order valence-electron chi connectivity index (χ3n) is 2.59. The number of ether oxygens (including phenoxy) is 1. The van der Waals surface area contributed by atoms with Crippen LogP contribution in [-0.2, 0) is 9.53 Å². The molecule has 2 heteroatoms. The summed E-state index contributed by atoms with van der Waals surface area (Å²) >= 11 is 0. The molecule has 0 fully saturated rings. The monoisotopic (exact) mass is 208 g/mol. The maximum absolute atomic E-state index is 11.7. The van der Waals surface area contributed by atoms with Crippen molar-refractivity contribution in [3.05, 3.63) is 23.5 Å². The van der Waals surface area contributed by atoms with Crippen molar-refractivity contribution in [2.24, 2.45) is 5.92 Å². The van der Waals surface area contributed by atoms with Gasteiger partial charge in [-0.3, -0.25) is 4.79 Å². The molecule has 0 radical (unpaired) electrons. The predicted molar refractivity (Wildman–Crippen MR) is 61.5 cm³/mol. The number of carbonyl (C=O) groups excluding carboxylic acids is 1. The first kappa shape index (κ1) is 12.0. The molecule has 0 aliphatic heterocycles. The Morgan fingerprint density at radius 2 is 2.33 bits per heavy atom. The third-order valence-corrected chi connectivity index (χ3v) is 2.59. The Balaban J connectivity index is 2.53. The van der Waals surface area contributed by atoms with E-state index in [2.05, 4.69) is 19.9 Å². The molecule has 1 aliphatic rings. The molecule has 1 unspecified atom stereocenters. The molecule has 0 aromatic heterocycles. The minimum Gasteiger partial charge on any atom is -0.498 e. The summed E-state index contributed by atoms with van der Waals surface area (Å²) in [7, 11) is 0. The van der Waals surface area contributed by atoms with Crippen LogP contribution < -0.4 is 0 Å². The molecule has 2 nitrogen and oxygen atoms in total. The lowest BCUT2D eigenvalue weighted by Gasteiger charge is -2.19. The van der Waals surface area contributed by atoms with E-state index in [0.29, 0.717) is 6.61 Å². The number of ketones is 1. The van der Waals surface area contributed by atoms with Crippen molar-refractivity contribution < 1.29 is 9.53 Å². The minimum atomic E-state index is 0.170. The van der Waals surface area contributed by atoms with Crippen LogP contribution in [0.4, 0.5) is 0 Å². The van der Waals surface area contributed by atoms with Crippen LogP contribution in [-0.4, -0.2) is 12.4 Å². The SMILES string of the molecule is CCOC1=CC(=O)C(CC=C(C)C)CC1. The summed E-state index contributed by atoms with van der Waals surface area (Å²) in [6.45, 7) is 6.72. The van der Waals surface area contributed by atoms with Crippen LogP contribution >= 0.6 is 0 Å². The molecule has 0 amide bonds. The van der Waals surface area contributed by atoms with Crippen LogP contribution in [0.25, 0.3) is 0 Å². The van der Waals surface area contributed by atoms with E-state index in [1.165, 1.54) is 5.57 Å². The maximum atomic E-state index is 11.7. The number of rotatable bonds is 4. The van der Waals surface area contributed by atoms with Crippen molar-refractivity contribution in [3.8, 4) is 0 Å². The molecule has 15 heavy (non-hydrogen) atoms. The lowest BCUT2D eigenvalue weighted by atomic mass is 9.89. The van der Waals surface area contributed by atoms with Gasteiger partial charge in [0.1, 0.15) is 0 Å². The molecule has 84 valence electrons. The fraction of sp³-hybridized carbons (Fsp3) is 0.615. The summed E-state index contributed by atoms with van der Waals surface area (Å²) in [4.78, 5) is 11.7. The average molecular weight is 208 g/mol. The Morgan fingerprint density at radius 3 is 2.87 bits per heavy atom. The van der Waals surface area contributed by atoms with Gasteiger partial charge in [-0.2, -0.15) is 0 Å². The summed E-state index contributed by atoms with van der Waals surface area (Å²) in [5.74, 6) is 1.25. The van der Waals surface area contributed by atoms with E-state index in [4.69, 9.17) is 4.74 Å². The number of hydrogen-bond acceptors (Lipinski definition) is 2. The molecule has 0 bridgehead atoms. The average Bonchev–Trinajstić information content (AvgIpc) is 2.17. The first-order valence-electron chi connectivity index (χ1n) is 5.64. The standard InChI is InChI=1S/C13H20O2/c1-4-15-12-8-7-11(13(14)9-12)6-5-10(2)3/h5,9,11H,4,6-8H2,1-3H3. The van der Waals surface area contributed by atoms with Crippen molar-refractivity contribution in [2.75, 3.05) is 6.61 Å². The Morgan fingerprint density at radius 1 is 1.60 bits per heavy atom. The molecule has 1 rings (SSSR count). The highest BCUT2D eigenvalue weighted by Gasteiger charge is 2.21. The second-order valence-corrected chi connectivity index (χ2v) is 4.20. The second kappa shape index (κ2) is 5.74. The Hall–Kier alpha value is -1.05. The van der Waals surface area contributed by atoms with Gasteiger partial charge in [-0.05, 0) is 33.6 Å². The van der Waals surface area contributed by atoms with Gasteiger partial charge in [0.05, 0.1) is 12.4 Å². The maximum Gasteiger partial charge on any atom is 0.162 e. The van der Waals surface area contributed by atoms with Crippen molar-refractivity contribution in [1.29, 1.82) is 0 Å². The first-order valence-corrected chi connectivity index (χ1v) is 5.64. The Bertz CT molecular complexity index is 283. The molecule has 0 saturated heterocycles. The number of carbonyl (C=O) groups is 1. The van der Waals surface area contributed by atoms with Gasteiger partial charge in [-0.15, -0.1) is 0 Å². The van der Waals surface area contributed by atoms with Crippen LogP contribution in [0.5, 0.6) is 0 Å². The van der Waals surface area contributed by atoms with Gasteiger partial charge in [0, 0.05) is 18.4 Å². The highest BCUT2D eigenvalue weighted by Crippen LogP contribution is 2.24. The quantitative estimate of drug-likeness (QED) is 0.663. The summed E-state index contributed by atoms with van der Waals surface area (Å²) in [5, 5.41) is 0. The minimum absolute atomic E-state index is 0.170. The summed E-state index contributed by atoms with van der Waals surface area (Å²) in [5.41, 5.74) is 1.28. The van der Waals surface area contributed by atoms with E-state index in [0.717, 1.165) is 25.0 Å². The summed E-state index contributed by atoms with van der Waals surface area (Å²) < 4.78 is 5.35. The zero-order valence-corrected chi connectivity index (χ0v) is 9.88. The van der Waals surface area contributed by atoms with Gasteiger partial charge < -0.3 is 4.74 Å². The zero-order valence-electron chi connectivity index (χ0n) is 9.88. The second-order valence-electron chi connectivity index (χ2n) is 4.20. The van der Waals surface area contributed by atoms with Crippen LogP contribution in [0.2, 0.25) is 0 Å². The zero-order chi connectivity index (χ0) is 11.3. The van der Waals surface area contributed by atoms with E-state index in [9.17, 15) is 4.79 Å².